The number of phenols is 1. The Morgan fingerprint density at radius 1 is 1.47 bits per heavy atom. The van der Waals surface area contributed by atoms with Gasteiger partial charge in [-0.3, -0.25) is 19.8 Å². The van der Waals surface area contributed by atoms with Crippen LogP contribution in [0, 0.1) is 5.82 Å². The van der Waals surface area contributed by atoms with Gasteiger partial charge in [-0.1, -0.05) is 6.07 Å². The number of benzene rings is 1. The number of hydrogen-bond donors (Lipinski definition) is 2. The number of likely N-dealkylation sites (tertiary alicyclic amines) is 1. The van der Waals surface area contributed by atoms with E-state index in [0.717, 1.165) is 11.0 Å². The van der Waals surface area contributed by atoms with Crippen molar-refractivity contribution in [3.05, 3.63) is 29.6 Å². The van der Waals surface area contributed by atoms with E-state index in [1.54, 1.807) is 6.92 Å². The molecule has 2 atom stereocenters. The molecule has 1 aliphatic heterocycles. The highest BCUT2D eigenvalue weighted by atomic mass is 19.1. The third kappa shape index (κ3) is 2.58. The van der Waals surface area contributed by atoms with Crippen LogP contribution in [0.15, 0.2) is 18.2 Å². The molecule has 2 unspecified atom stereocenters. The standard InChI is InChI=1S/C13H15FN2O3/c1-7(9-4-3-8(14)5-11(9)17)15-10-6-12(18)16(2)13(10)19/h3-5,7,10,15,17H,6H2,1-2H3. The summed E-state index contributed by atoms with van der Waals surface area (Å²) in [4.78, 5) is 24.2. The predicted octanol–water partition coefficient (Wildman–Crippen LogP) is 0.939. The average molecular weight is 266 g/mol. The third-order valence-electron chi connectivity index (χ3n) is 3.29. The van der Waals surface area contributed by atoms with Gasteiger partial charge in [0.15, 0.2) is 0 Å². The second-order valence-electron chi connectivity index (χ2n) is 4.64. The van der Waals surface area contributed by atoms with E-state index in [1.165, 1.54) is 19.2 Å². The molecule has 102 valence electrons. The molecule has 2 rings (SSSR count). The zero-order valence-corrected chi connectivity index (χ0v) is 10.7. The molecule has 0 aliphatic carbocycles. The van der Waals surface area contributed by atoms with E-state index in [1.807, 2.05) is 0 Å². The Bertz CT molecular complexity index is 533. The van der Waals surface area contributed by atoms with Crippen LogP contribution in [0.2, 0.25) is 0 Å². The summed E-state index contributed by atoms with van der Waals surface area (Å²) in [6.45, 7) is 1.74. The summed E-state index contributed by atoms with van der Waals surface area (Å²) in [5, 5.41) is 12.6. The third-order valence-corrected chi connectivity index (χ3v) is 3.29. The van der Waals surface area contributed by atoms with Crippen LogP contribution in [0.4, 0.5) is 4.39 Å². The van der Waals surface area contributed by atoms with Crippen LogP contribution in [-0.2, 0) is 9.59 Å². The number of phenolic OH excluding ortho intramolecular Hbond substituents is 1. The van der Waals surface area contributed by atoms with Gasteiger partial charge in [-0.2, -0.15) is 0 Å². The van der Waals surface area contributed by atoms with Crippen LogP contribution in [0.25, 0.3) is 0 Å². The van der Waals surface area contributed by atoms with Crippen LogP contribution in [0.1, 0.15) is 24.9 Å². The van der Waals surface area contributed by atoms with Crippen molar-refractivity contribution in [3.63, 3.8) is 0 Å². The topological polar surface area (TPSA) is 69.6 Å². The molecule has 6 heteroatoms. The number of aromatic hydroxyl groups is 1. The van der Waals surface area contributed by atoms with Gasteiger partial charge in [-0.15, -0.1) is 0 Å². The molecule has 0 bridgehead atoms. The summed E-state index contributed by atoms with van der Waals surface area (Å²) in [6, 6.07) is 2.74. The van der Waals surface area contributed by atoms with Gasteiger partial charge in [0, 0.05) is 24.7 Å². The smallest absolute Gasteiger partial charge is 0.246 e. The first-order valence-corrected chi connectivity index (χ1v) is 5.95. The summed E-state index contributed by atoms with van der Waals surface area (Å²) >= 11 is 0. The van der Waals surface area contributed by atoms with Gasteiger partial charge >= 0.3 is 0 Å². The van der Waals surface area contributed by atoms with Crippen molar-refractivity contribution in [2.24, 2.45) is 0 Å². The molecule has 2 N–H and O–H groups in total. The van der Waals surface area contributed by atoms with Crippen LogP contribution in [0.5, 0.6) is 5.75 Å². The van der Waals surface area contributed by atoms with E-state index in [9.17, 15) is 19.1 Å². The van der Waals surface area contributed by atoms with Crippen LogP contribution in [-0.4, -0.2) is 34.9 Å². The van der Waals surface area contributed by atoms with Crippen LogP contribution in [0.3, 0.4) is 0 Å². The van der Waals surface area contributed by atoms with Crippen molar-refractivity contribution in [3.8, 4) is 5.75 Å². The number of likely N-dealkylation sites (N-methyl/N-ethyl adjacent to an activating group) is 1. The lowest BCUT2D eigenvalue weighted by atomic mass is 10.1. The molecule has 19 heavy (non-hydrogen) atoms. The van der Waals surface area contributed by atoms with Crippen molar-refractivity contribution >= 4 is 11.8 Å². The highest BCUT2D eigenvalue weighted by Crippen LogP contribution is 2.26. The minimum atomic E-state index is -0.600. The summed E-state index contributed by atoms with van der Waals surface area (Å²) in [5.41, 5.74) is 0.483. The lowest BCUT2D eigenvalue weighted by molar-refractivity contribution is -0.137. The summed E-state index contributed by atoms with van der Waals surface area (Å²) in [6.07, 6.45) is 0.0988. The zero-order valence-electron chi connectivity index (χ0n) is 10.7. The van der Waals surface area contributed by atoms with Gasteiger partial charge in [-0.25, -0.2) is 4.39 Å². The Hall–Kier alpha value is -1.95. The van der Waals surface area contributed by atoms with Gasteiger partial charge in [0.25, 0.3) is 0 Å². The number of nitrogens with one attached hydrogen (secondary N) is 1. The van der Waals surface area contributed by atoms with E-state index >= 15 is 0 Å². The SMILES string of the molecule is CC(NC1CC(=O)N(C)C1=O)c1ccc(F)cc1O. The first-order chi connectivity index (χ1) is 8.90. The second kappa shape index (κ2) is 4.97. The number of nitrogens with zero attached hydrogens (tertiary/aromatic N) is 1. The Balaban J connectivity index is 2.11. The van der Waals surface area contributed by atoms with Crippen molar-refractivity contribution in [2.45, 2.75) is 25.4 Å². The molecule has 1 fully saturated rings. The summed E-state index contributed by atoms with van der Waals surface area (Å²) < 4.78 is 12.9. The van der Waals surface area contributed by atoms with Gasteiger partial charge in [-0.05, 0) is 13.0 Å². The minimum absolute atomic E-state index is 0.0988. The highest BCUT2D eigenvalue weighted by molar-refractivity contribution is 6.05. The molecule has 0 saturated carbocycles. The number of imide groups is 1. The molecule has 1 aliphatic rings. The first-order valence-electron chi connectivity index (χ1n) is 5.95. The second-order valence-corrected chi connectivity index (χ2v) is 4.64. The number of amides is 2. The van der Waals surface area contributed by atoms with E-state index in [4.69, 9.17) is 0 Å². The number of carbonyl (C=O) groups is 2. The number of carbonyl (C=O) groups excluding carboxylic acids is 2. The van der Waals surface area contributed by atoms with Crippen LogP contribution >= 0.6 is 0 Å². The Kier molecular flexibility index (Phi) is 3.53. The maximum atomic E-state index is 12.9. The lowest BCUT2D eigenvalue weighted by Gasteiger charge is -2.19. The van der Waals surface area contributed by atoms with Crippen molar-refractivity contribution < 1.29 is 19.1 Å². The van der Waals surface area contributed by atoms with Gasteiger partial charge in [0.05, 0.1) is 12.5 Å². The molecule has 1 heterocycles. The summed E-state index contributed by atoms with van der Waals surface area (Å²) in [7, 11) is 1.44. The van der Waals surface area contributed by atoms with Gasteiger partial charge in [0.2, 0.25) is 11.8 Å². The number of halogens is 1. The largest absolute Gasteiger partial charge is 0.508 e. The molecular formula is C13H15FN2O3. The molecular weight excluding hydrogens is 251 g/mol. The van der Waals surface area contributed by atoms with Crippen molar-refractivity contribution in [1.82, 2.24) is 10.2 Å². The molecule has 0 aromatic heterocycles. The average Bonchev–Trinajstić information content (AvgIpc) is 2.57. The molecule has 0 radical (unpaired) electrons. The van der Waals surface area contributed by atoms with Crippen molar-refractivity contribution in [2.75, 3.05) is 7.05 Å². The Morgan fingerprint density at radius 2 is 2.16 bits per heavy atom. The first kappa shape index (κ1) is 13.5. The predicted molar refractivity (Wildman–Crippen MR) is 65.8 cm³/mol. The quantitative estimate of drug-likeness (QED) is 0.799. The fourth-order valence-electron chi connectivity index (χ4n) is 2.16. The monoisotopic (exact) mass is 266 g/mol. The maximum absolute atomic E-state index is 12.9. The maximum Gasteiger partial charge on any atom is 0.246 e. The van der Waals surface area contributed by atoms with E-state index in [-0.39, 0.29) is 30.0 Å². The van der Waals surface area contributed by atoms with Crippen molar-refractivity contribution in [1.29, 1.82) is 0 Å². The fourth-order valence-corrected chi connectivity index (χ4v) is 2.16. The normalized spacial score (nSPS) is 21.0. The van der Waals surface area contributed by atoms with Crippen LogP contribution < -0.4 is 5.32 Å². The number of rotatable bonds is 3. The molecule has 2 amide bonds. The molecule has 1 aromatic carbocycles. The minimum Gasteiger partial charge on any atom is -0.508 e. The van der Waals surface area contributed by atoms with E-state index < -0.39 is 11.9 Å². The summed E-state index contributed by atoms with van der Waals surface area (Å²) in [5.74, 6) is -1.23. The van der Waals surface area contributed by atoms with Gasteiger partial charge in [0.1, 0.15) is 11.6 Å². The molecule has 0 spiro atoms. The molecule has 1 saturated heterocycles. The zero-order chi connectivity index (χ0) is 14.2. The van der Waals surface area contributed by atoms with Gasteiger partial charge < -0.3 is 5.11 Å². The fraction of sp³-hybridized carbons (Fsp3) is 0.385. The highest BCUT2D eigenvalue weighted by Gasteiger charge is 2.36. The Labute approximate surface area is 110 Å². The molecule has 1 aromatic rings. The van der Waals surface area contributed by atoms with E-state index in [0.29, 0.717) is 5.56 Å². The lowest BCUT2D eigenvalue weighted by Crippen LogP contribution is -2.38. The van der Waals surface area contributed by atoms with E-state index in [2.05, 4.69) is 5.32 Å². The molecule has 5 nitrogen and oxygen atoms in total. The Morgan fingerprint density at radius 3 is 2.68 bits per heavy atom. The number of hydrogen-bond acceptors (Lipinski definition) is 4.